The lowest BCUT2D eigenvalue weighted by Crippen LogP contribution is -2.29. The molecule has 18 heavy (non-hydrogen) atoms. The molecule has 0 saturated heterocycles. The molecular weight excluding hydrogens is 243 g/mol. The minimum atomic E-state index is -4.32. The van der Waals surface area contributed by atoms with Crippen LogP contribution in [-0.4, -0.2) is 22.9 Å². The Balaban J connectivity index is 2.77. The molecule has 3 nitrogen and oxygen atoms in total. The second-order valence-corrected chi connectivity index (χ2v) is 4.72. The van der Waals surface area contributed by atoms with Gasteiger partial charge >= 0.3 is 6.18 Å². The highest BCUT2D eigenvalue weighted by molar-refractivity contribution is 5.09. The average Bonchev–Trinajstić information content (AvgIpc) is 2.72. The van der Waals surface area contributed by atoms with Gasteiger partial charge in [0, 0.05) is 12.7 Å². The van der Waals surface area contributed by atoms with E-state index in [0.717, 1.165) is 25.4 Å². The molecule has 1 heterocycles. The van der Waals surface area contributed by atoms with Crippen LogP contribution >= 0.6 is 0 Å². The first-order valence-corrected chi connectivity index (χ1v) is 6.18. The Morgan fingerprint density at radius 3 is 2.50 bits per heavy atom. The summed E-state index contributed by atoms with van der Waals surface area (Å²) >= 11 is 0. The van der Waals surface area contributed by atoms with Crippen molar-refractivity contribution in [2.24, 2.45) is 5.92 Å². The maximum Gasteiger partial charge on any atom is 0.419 e. The van der Waals surface area contributed by atoms with Crippen molar-refractivity contribution in [1.82, 2.24) is 15.1 Å². The molecule has 0 aromatic carbocycles. The number of alkyl halides is 3. The molecule has 0 saturated carbocycles. The van der Waals surface area contributed by atoms with Crippen LogP contribution in [0.2, 0.25) is 0 Å². The van der Waals surface area contributed by atoms with Crippen molar-refractivity contribution in [1.29, 1.82) is 0 Å². The van der Waals surface area contributed by atoms with Crippen LogP contribution in [0.4, 0.5) is 13.2 Å². The highest BCUT2D eigenvalue weighted by Gasteiger charge is 2.33. The van der Waals surface area contributed by atoms with E-state index in [1.165, 1.54) is 4.68 Å². The molecule has 104 valence electrons. The van der Waals surface area contributed by atoms with Gasteiger partial charge in [0.05, 0.1) is 17.8 Å². The molecule has 1 rings (SSSR count). The summed E-state index contributed by atoms with van der Waals surface area (Å²) < 4.78 is 38.9. The Morgan fingerprint density at radius 1 is 1.39 bits per heavy atom. The van der Waals surface area contributed by atoms with Gasteiger partial charge in [-0.25, -0.2) is 0 Å². The summed E-state index contributed by atoms with van der Waals surface area (Å²) in [6.07, 6.45) is -1.36. The summed E-state index contributed by atoms with van der Waals surface area (Å²) in [7, 11) is 0. The van der Waals surface area contributed by atoms with E-state index in [0.29, 0.717) is 6.54 Å². The van der Waals surface area contributed by atoms with Gasteiger partial charge in [0.1, 0.15) is 0 Å². The molecule has 1 aromatic rings. The fourth-order valence-electron chi connectivity index (χ4n) is 1.73. The lowest BCUT2D eigenvalue weighted by molar-refractivity contribution is -0.137. The maximum absolute atomic E-state index is 12.5. The van der Waals surface area contributed by atoms with Crippen LogP contribution in [0.3, 0.4) is 0 Å². The second kappa shape index (κ2) is 6.22. The van der Waals surface area contributed by atoms with E-state index in [1.54, 1.807) is 0 Å². The van der Waals surface area contributed by atoms with Crippen LogP contribution in [0, 0.1) is 5.92 Å². The highest BCUT2D eigenvalue weighted by atomic mass is 19.4. The van der Waals surface area contributed by atoms with Crippen molar-refractivity contribution in [3.8, 4) is 0 Å². The third-order valence-electron chi connectivity index (χ3n) is 2.82. The zero-order valence-corrected chi connectivity index (χ0v) is 11.0. The summed E-state index contributed by atoms with van der Waals surface area (Å²) in [6.45, 7) is 7.49. The molecular formula is C12H20F3N3. The predicted octanol–water partition coefficient (Wildman–Crippen LogP) is 3.10. The Hall–Kier alpha value is -1.04. The first-order valence-electron chi connectivity index (χ1n) is 6.18. The van der Waals surface area contributed by atoms with Crippen LogP contribution in [0.5, 0.6) is 0 Å². The molecule has 1 N–H and O–H groups in total. The molecule has 0 aliphatic rings. The largest absolute Gasteiger partial charge is 0.419 e. The van der Waals surface area contributed by atoms with Gasteiger partial charge in [-0.1, -0.05) is 20.8 Å². The molecule has 0 aliphatic heterocycles. The van der Waals surface area contributed by atoms with E-state index in [2.05, 4.69) is 10.4 Å². The lowest BCUT2D eigenvalue weighted by atomic mass is 10.0. The zero-order chi connectivity index (χ0) is 13.8. The minimum absolute atomic E-state index is 0.0624. The van der Waals surface area contributed by atoms with Gasteiger partial charge in [0.25, 0.3) is 0 Å². The van der Waals surface area contributed by atoms with E-state index in [-0.39, 0.29) is 12.0 Å². The normalized spacial score (nSPS) is 14.2. The zero-order valence-electron chi connectivity index (χ0n) is 11.0. The van der Waals surface area contributed by atoms with E-state index in [9.17, 15) is 13.2 Å². The summed E-state index contributed by atoms with van der Waals surface area (Å²) in [4.78, 5) is 0. The Bertz CT molecular complexity index is 358. The standard InChI is InChI=1S/C12H20F3N3/c1-4-5-16-7-11(9(2)3)18-8-10(6-17-18)12(13,14)15/h6,8-9,11,16H,4-5,7H2,1-3H3. The van der Waals surface area contributed by atoms with Crippen LogP contribution in [0.25, 0.3) is 0 Å². The van der Waals surface area contributed by atoms with E-state index < -0.39 is 11.7 Å². The van der Waals surface area contributed by atoms with Gasteiger partial charge in [0.2, 0.25) is 0 Å². The fraction of sp³-hybridized carbons (Fsp3) is 0.750. The topological polar surface area (TPSA) is 29.9 Å². The number of rotatable bonds is 6. The fourth-order valence-corrected chi connectivity index (χ4v) is 1.73. The Kier molecular flexibility index (Phi) is 5.19. The number of hydrogen-bond donors (Lipinski definition) is 1. The summed E-state index contributed by atoms with van der Waals surface area (Å²) in [5.41, 5.74) is -0.691. The number of halogens is 3. The Labute approximate surface area is 105 Å². The highest BCUT2D eigenvalue weighted by Crippen LogP contribution is 2.29. The van der Waals surface area contributed by atoms with Crippen molar-refractivity contribution < 1.29 is 13.2 Å². The third kappa shape index (κ3) is 4.01. The van der Waals surface area contributed by atoms with E-state index >= 15 is 0 Å². The number of aromatic nitrogens is 2. The van der Waals surface area contributed by atoms with Crippen LogP contribution in [-0.2, 0) is 6.18 Å². The van der Waals surface area contributed by atoms with Gasteiger partial charge in [-0.05, 0) is 18.9 Å². The Morgan fingerprint density at radius 2 is 2.06 bits per heavy atom. The molecule has 0 bridgehead atoms. The molecule has 0 fully saturated rings. The third-order valence-corrected chi connectivity index (χ3v) is 2.82. The smallest absolute Gasteiger partial charge is 0.315 e. The first kappa shape index (κ1) is 15.0. The second-order valence-electron chi connectivity index (χ2n) is 4.72. The average molecular weight is 263 g/mol. The monoisotopic (exact) mass is 263 g/mol. The van der Waals surface area contributed by atoms with Crippen LogP contribution in [0.1, 0.15) is 38.8 Å². The van der Waals surface area contributed by atoms with Gasteiger partial charge in [-0.2, -0.15) is 18.3 Å². The van der Waals surface area contributed by atoms with Crippen LogP contribution < -0.4 is 5.32 Å². The molecule has 0 amide bonds. The summed E-state index contributed by atoms with van der Waals surface area (Å²) in [5.74, 6) is 0.218. The van der Waals surface area contributed by atoms with Crippen molar-refractivity contribution >= 4 is 0 Å². The van der Waals surface area contributed by atoms with Crippen molar-refractivity contribution in [3.63, 3.8) is 0 Å². The number of hydrogen-bond acceptors (Lipinski definition) is 2. The van der Waals surface area contributed by atoms with Crippen molar-refractivity contribution in [2.75, 3.05) is 13.1 Å². The van der Waals surface area contributed by atoms with Gasteiger partial charge in [-0.3, -0.25) is 4.68 Å². The number of nitrogens with one attached hydrogen (secondary N) is 1. The SMILES string of the molecule is CCCNCC(C(C)C)n1cc(C(F)(F)F)cn1. The summed E-state index contributed by atoms with van der Waals surface area (Å²) in [5, 5.41) is 7.06. The molecule has 1 unspecified atom stereocenters. The summed E-state index contributed by atoms with van der Waals surface area (Å²) in [6, 6.07) is -0.0624. The molecule has 0 radical (unpaired) electrons. The first-order chi connectivity index (χ1) is 8.36. The minimum Gasteiger partial charge on any atom is -0.315 e. The molecule has 0 spiro atoms. The molecule has 1 aromatic heterocycles. The number of nitrogens with zero attached hydrogens (tertiary/aromatic N) is 2. The predicted molar refractivity (Wildman–Crippen MR) is 64.3 cm³/mol. The lowest BCUT2D eigenvalue weighted by Gasteiger charge is -2.22. The van der Waals surface area contributed by atoms with Gasteiger partial charge in [0.15, 0.2) is 0 Å². The van der Waals surface area contributed by atoms with Crippen LogP contribution in [0.15, 0.2) is 12.4 Å². The maximum atomic E-state index is 12.5. The molecule has 6 heteroatoms. The molecule has 0 aliphatic carbocycles. The van der Waals surface area contributed by atoms with Gasteiger partial charge < -0.3 is 5.32 Å². The van der Waals surface area contributed by atoms with E-state index in [1.807, 2.05) is 20.8 Å². The molecule has 1 atom stereocenters. The van der Waals surface area contributed by atoms with E-state index in [4.69, 9.17) is 0 Å². The van der Waals surface area contributed by atoms with Gasteiger partial charge in [-0.15, -0.1) is 0 Å². The van der Waals surface area contributed by atoms with Crippen molar-refractivity contribution in [3.05, 3.63) is 18.0 Å². The quantitative estimate of drug-likeness (QED) is 0.799. The van der Waals surface area contributed by atoms with Crippen molar-refractivity contribution in [2.45, 2.75) is 39.4 Å².